The number of anilines is 1. The molecule has 5 rings (SSSR count). The molecule has 2 aromatic carbocycles. The monoisotopic (exact) mass is 434 g/mol. The van der Waals surface area contributed by atoms with E-state index in [-0.39, 0.29) is 10.6 Å². The van der Waals surface area contributed by atoms with Gasteiger partial charge in [-0.2, -0.15) is 5.10 Å². The van der Waals surface area contributed by atoms with Crippen LogP contribution in [0.3, 0.4) is 0 Å². The van der Waals surface area contributed by atoms with Gasteiger partial charge in [-0.05, 0) is 37.1 Å². The molecule has 2 saturated heterocycles. The third-order valence-electron chi connectivity index (χ3n) is 6.75. The van der Waals surface area contributed by atoms with Crippen LogP contribution >= 0.6 is 0 Å². The summed E-state index contributed by atoms with van der Waals surface area (Å²) in [6.45, 7) is 7.09. The first-order valence-corrected chi connectivity index (χ1v) is 11.5. The second kappa shape index (κ2) is 8.88. The Hall–Kier alpha value is -2.97. The average molecular weight is 435 g/mol. The third kappa shape index (κ3) is 4.33. The Bertz CT molecular complexity index is 1110. The molecule has 0 amide bonds. The summed E-state index contributed by atoms with van der Waals surface area (Å²) in [6.07, 6.45) is 2.82. The van der Waals surface area contributed by atoms with E-state index in [0.29, 0.717) is 12.1 Å². The number of nitrogens with zero attached hydrogens (tertiary/aromatic N) is 5. The minimum absolute atomic E-state index is 0.172. The summed E-state index contributed by atoms with van der Waals surface area (Å²) in [4.78, 5) is 18.5. The minimum atomic E-state index is -0.263. The van der Waals surface area contributed by atoms with Crippen LogP contribution in [0.15, 0.2) is 36.4 Å². The SMILES string of the molecule is CN1CCN(Cc2cccc(Cc3[nH]nc4cc(N5CCCC5)c([N+](=O)[O-])cc34)c2)CC1. The van der Waals surface area contributed by atoms with Gasteiger partial charge in [-0.15, -0.1) is 0 Å². The van der Waals surface area contributed by atoms with Gasteiger partial charge in [0.25, 0.3) is 5.69 Å². The molecule has 2 aliphatic heterocycles. The van der Waals surface area contributed by atoms with Crippen LogP contribution in [0.5, 0.6) is 0 Å². The molecule has 0 bridgehead atoms. The fraction of sp³-hybridized carbons (Fsp3) is 0.458. The number of hydrogen-bond acceptors (Lipinski definition) is 6. The molecule has 1 N–H and O–H groups in total. The molecule has 1 aromatic heterocycles. The zero-order valence-corrected chi connectivity index (χ0v) is 18.6. The summed E-state index contributed by atoms with van der Waals surface area (Å²) in [5, 5.41) is 20.3. The van der Waals surface area contributed by atoms with Crippen molar-refractivity contribution < 1.29 is 4.92 Å². The second-order valence-corrected chi connectivity index (χ2v) is 9.09. The molecule has 8 heteroatoms. The topological polar surface area (TPSA) is 81.5 Å². The molecule has 168 valence electrons. The van der Waals surface area contributed by atoms with Gasteiger partial charge in [-0.3, -0.25) is 20.1 Å². The predicted molar refractivity (Wildman–Crippen MR) is 126 cm³/mol. The molecular formula is C24H30N6O2. The number of aromatic amines is 1. The normalized spacial score (nSPS) is 18.0. The Balaban J connectivity index is 1.38. The first-order chi connectivity index (χ1) is 15.6. The second-order valence-electron chi connectivity index (χ2n) is 9.09. The van der Waals surface area contributed by atoms with Crippen LogP contribution in [-0.4, -0.2) is 71.2 Å². The molecule has 0 spiro atoms. The van der Waals surface area contributed by atoms with Crippen molar-refractivity contribution in [2.45, 2.75) is 25.8 Å². The number of likely N-dealkylation sites (N-methyl/N-ethyl adjacent to an activating group) is 1. The lowest BCUT2D eigenvalue weighted by Crippen LogP contribution is -2.43. The molecule has 0 aliphatic carbocycles. The van der Waals surface area contributed by atoms with Gasteiger partial charge in [0.2, 0.25) is 0 Å². The predicted octanol–water partition coefficient (Wildman–Crippen LogP) is 3.41. The molecule has 0 radical (unpaired) electrons. The van der Waals surface area contributed by atoms with E-state index in [1.165, 1.54) is 11.1 Å². The van der Waals surface area contributed by atoms with Crippen LogP contribution in [0.2, 0.25) is 0 Å². The number of H-pyrrole nitrogens is 1. The van der Waals surface area contributed by atoms with Crippen LogP contribution in [0.1, 0.15) is 29.7 Å². The van der Waals surface area contributed by atoms with Gasteiger partial charge in [-0.25, -0.2) is 0 Å². The van der Waals surface area contributed by atoms with Gasteiger partial charge in [0.05, 0.1) is 10.4 Å². The van der Waals surface area contributed by atoms with Crippen molar-refractivity contribution in [3.05, 3.63) is 63.3 Å². The summed E-state index contributed by atoms with van der Waals surface area (Å²) in [5.41, 5.74) is 5.07. The fourth-order valence-corrected chi connectivity index (χ4v) is 4.89. The van der Waals surface area contributed by atoms with Crippen LogP contribution in [0.25, 0.3) is 10.9 Å². The summed E-state index contributed by atoms with van der Waals surface area (Å²) in [5.74, 6) is 0. The van der Waals surface area contributed by atoms with Crippen molar-refractivity contribution in [3.63, 3.8) is 0 Å². The molecule has 3 heterocycles. The highest BCUT2D eigenvalue weighted by molar-refractivity contribution is 5.90. The molecule has 0 atom stereocenters. The number of hydrogen-bond donors (Lipinski definition) is 1. The van der Waals surface area contributed by atoms with Gasteiger partial charge >= 0.3 is 0 Å². The standard InChI is InChI=1S/C24H30N6O2/c1-27-9-11-28(12-10-27)17-19-6-4-5-18(13-19)14-21-20-15-24(30(31)32)23(16-22(20)26-25-21)29-7-2-3-8-29/h4-6,13,15-16H,2-3,7-12,14,17H2,1H3,(H,25,26). The lowest BCUT2D eigenvalue weighted by atomic mass is 10.0. The largest absolute Gasteiger partial charge is 0.366 e. The Labute approximate surface area is 188 Å². The van der Waals surface area contributed by atoms with E-state index in [1.54, 1.807) is 6.07 Å². The molecule has 8 nitrogen and oxygen atoms in total. The molecule has 0 saturated carbocycles. The summed E-state index contributed by atoms with van der Waals surface area (Å²) < 4.78 is 0. The number of aromatic nitrogens is 2. The van der Waals surface area contributed by atoms with Gasteiger partial charge < -0.3 is 9.80 Å². The highest BCUT2D eigenvalue weighted by Crippen LogP contribution is 2.35. The Morgan fingerprint density at radius 2 is 1.78 bits per heavy atom. The van der Waals surface area contributed by atoms with E-state index in [4.69, 9.17) is 0 Å². The highest BCUT2D eigenvalue weighted by atomic mass is 16.6. The van der Waals surface area contributed by atoms with Crippen LogP contribution in [0, 0.1) is 10.1 Å². The fourth-order valence-electron chi connectivity index (χ4n) is 4.89. The van der Waals surface area contributed by atoms with Crippen molar-refractivity contribution in [3.8, 4) is 0 Å². The van der Waals surface area contributed by atoms with Crippen LogP contribution in [-0.2, 0) is 13.0 Å². The van der Waals surface area contributed by atoms with Crippen LogP contribution < -0.4 is 4.90 Å². The maximum Gasteiger partial charge on any atom is 0.293 e. The Kier molecular flexibility index (Phi) is 5.80. The van der Waals surface area contributed by atoms with Crippen molar-refractivity contribution in [1.82, 2.24) is 20.0 Å². The number of fused-ring (bicyclic) bond motifs is 1. The summed E-state index contributed by atoms with van der Waals surface area (Å²) in [6, 6.07) is 12.2. The quantitative estimate of drug-likeness (QED) is 0.473. The molecule has 2 aliphatic rings. The van der Waals surface area contributed by atoms with Crippen molar-refractivity contribution in [1.29, 1.82) is 0 Å². The van der Waals surface area contributed by atoms with Crippen molar-refractivity contribution >= 4 is 22.3 Å². The summed E-state index contributed by atoms with van der Waals surface area (Å²) in [7, 11) is 2.17. The Morgan fingerprint density at radius 3 is 2.53 bits per heavy atom. The average Bonchev–Trinajstić information content (AvgIpc) is 3.45. The number of piperazine rings is 1. The number of nitro groups is 1. The zero-order valence-electron chi connectivity index (χ0n) is 18.6. The highest BCUT2D eigenvalue weighted by Gasteiger charge is 2.24. The van der Waals surface area contributed by atoms with E-state index in [9.17, 15) is 10.1 Å². The number of nitro benzene ring substituents is 1. The smallest absolute Gasteiger partial charge is 0.293 e. The maximum absolute atomic E-state index is 11.8. The maximum atomic E-state index is 11.8. The van der Waals surface area contributed by atoms with Gasteiger partial charge in [-0.1, -0.05) is 24.3 Å². The van der Waals surface area contributed by atoms with Crippen LogP contribution in [0.4, 0.5) is 11.4 Å². The van der Waals surface area contributed by atoms with Gasteiger partial charge in [0.15, 0.2) is 0 Å². The van der Waals surface area contributed by atoms with Gasteiger partial charge in [0, 0.05) is 69.4 Å². The van der Waals surface area contributed by atoms with Crippen molar-refractivity contribution in [2.24, 2.45) is 0 Å². The lowest BCUT2D eigenvalue weighted by Gasteiger charge is -2.32. The number of nitrogens with one attached hydrogen (secondary N) is 1. The van der Waals surface area contributed by atoms with E-state index in [0.717, 1.165) is 75.3 Å². The molecular weight excluding hydrogens is 404 g/mol. The van der Waals surface area contributed by atoms with E-state index >= 15 is 0 Å². The third-order valence-corrected chi connectivity index (χ3v) is 6.75. The summed E-state index contributed by atoms with van der Waals surface area (Å²) >= 11 is 0. The first-order valence-electron chi connectivity index (χ1n) is 11.5. The lowest BCUT2D eigenvalue weighted by molar-refractivity contribution is -0.384. The van der Waals surface area contributed by atoms with E-state index in [1.807, 2.05) is 6.07 Å². The number of benzene rings is 2. The zero-order chi connectivity index (χ0) is 22.1. The minimum Gasteiger partial charge on any atom is -0.366 e. The Morgan fingerprint density at radius 1 is 1.03 bits per heavy atom. The van der Waals surface area contributed by atoms with E-state index < -0.39 is 0 Å². The van der Waals surface area contributed by atoms with Gasteiger partial charge in [0.1, 0.15) is 5.69 Å². The van der Waals surface area contributed by atoms with E-state index in [2.05, 4.69) is 56.2 Å². The molecule has 32 heavy (non-hydrogen) atoms. The van der Waals surface area contributed by atoms with Crippen molar-refractivity contribution in [2.75, 3.05) is 51.2 Å². The molecule has 2 fully saturated rings. The molecule has 3 aromatic rings. The first kappa shape index (κ1) is 20.9. The number of rotatable bonds is 6. The molecule has 0 unspecified atom stereocenters.